The van der Waals surface area contributed by atoms with Gasteiger partial charge in [-0.3, -0.25) is 9.59 Å². The molecule has 2 N–H and O–H groups in total. The average molecular weight is 460 g/mol. The zero-order valence-corrected chi connectivity index (χ0v) is 19.4. The Kier molecular flexibility index (Phi) is 7.52. The second kappa shape index (κ2) is 10.1. The van der Waals surface area contributed by atoms with Gasteiger partial charge in [-0.2, -0.15) is 0 Å². The van der Waals surface area contributed by atoms with Crippen molar-refractivity contribution in [2.75, 3.05) is 21.2 Å². The van der Waals surface area contributed by atoms with Crippen LogP contribution < -0.4 is 14.8 Å². The Labute approximate surface area is 189 Å². The van der Waals surface area contributed by atoms with Gasteiger partial charge >= 0.3 is 0 Å². The standard InChI is InChI=1S/C23H29N3O5S/c1-24-22(27)17-10-8-16(9-11-17)15-26(2)23(28)18-12-13-20(31-3)21(14-18)32(29,30)25-19-6-4-5-7-19/h8-14,19,25H,4-7,15H2,1-3H3,(H,24,27). The highest BCUT2D eigenvalue weighted by Crippen LogP contribution is 2.28. The Bertz CT molecular complexity index is 1080. The molecule has 32 heavy (non-hydrogen) atoms. The quantitative estimate of drug-likeness (QED) is 0.631. The van der Waals surface area contributed by atoms with Gasteiger partial charge in [0.25, 0.3) is 11.8 Å². The molecule has 0 aromatic heterocycles. The van der Waals surface area contributed by atoms with Crippen molar-refractivity contribution < 1.29 is 22.7 Å². The first-order valence-electron chi connectivity index (χ1n) is 10.5. The van der Waals surface area contributed by atoms with Crippen molar-refractivity contribution in [2.45, 2.75) is 43.2 Å². The molecule has 9 heteroatoms. The van der Waals surface area contributed by atoms with E-state index < -0.39 is 10.0 Å². The molecule has 172 valence electrons. The van der Waals surface area contributed by atoms with Crippen LogP contribution in [0.15, 0.2) is 47.4 Å². The van der Waals surface area contributed by atoms with Gasteiger partial charge in [-0.1, -0.05) is 25.0 Å². The van der Waals surface area contributed by atoms with Crippen molar-refractivity contribution in [2.24, 2.45) is 0 Å². The third-order valence-corrected chi connectivity index (χ3v) is 7.13. The van der Waals surface area contributed by atoms with Crippen molar-refractivity contribution in [3.63, 3.8) is 0 Å². The number of carbonyl (C=O) groups excluding carboxylic acids is 2. The summed E-state index contributed by atoms with van der Waals surface area (Å²) >= 11 is 0. The molecule has 0 heterocycles. The van der Waals surface area contributed by atoms with E-state index in [1.807, 2.05) is 0 Å². The van der Waals surface area contributed by atoms with E-state index in [0.717, 1.165) is 31.2 Å². The molecule has 1 aliphatic rings. The summed E-state index contributed by atoms with van der Waals surface area (Å²) in [6.45, 7) is 0.307. The van der Waals surface area contributed by atoms with Gasteiger partial charge in [0.05, 0.1) is 7.11 Å². The van der Waals surface area contributed by atoms with E-state index in [4.69, 9.17) is 4.74 Å². The molecule has 0 aliphatic heterocycles. The Hall–Kier alpha value is -2.91. The number of ether oxygens (including phenoxy) is 1. The van der Waals surface area contributed by atoms with Crippen LogP contribution in [0.2, 0.25) is 0 Å². The molecule has 0 spiro atoms. The molecule has 1 fully saturated rings. The Balaban J connectivity index is 1.78. The maximum Gasteiger partial charge on any atom is 0.253 e. The molecule has 2 aromatic carbocycles. The van der Waals surface area contributed by atoms with Gasteiger partial charge in [-0.15, -0.1) is 0 Å². The highest BCUT2D eigenvalue weighted by molar-refractivity contribution is 7.89. The first kappa shape index (κ1) is 23.7. The van der Waals surface area contributed by atoms with Crippen molar-refractivity contribution >= 4 is 21.8 Å². The molecular weight excluding hydrogens is 430 g/mol. The number of benzene rings is 2. The summed E-state index contributed by atoms with van der Waals surface area (Å²) in [6, 6.07) is 11.3. The number of hydrogen-bond donors (Lipinski definition) is 2. The number of nitrogens with zero attached hydrogens (tertiary/aromatic N) is 1. The van der Waals surface area contributed by atoms with Crippen molar-refractivity contribution in [1.82, 2.24) is 14.9 Å². The number of nitrogens with one attached hydrogen (secondary N) is 2. The topological polar surface area (TPSA) is 105 Å². The summed E-state index contributed by atoms with van der Waals surface area (Å²) < 4.78 is 33.9. The lowest BCUT2D eigenvalue weighted by Gasteiger charge is -2.19. The normalized spacial score (nSPS) is 14.2. The van der Waals surface area contributed by atoms with E-state index in [9.17, 15) is 18.0 Å². The van der Waals surface area contributed by atoms with Crippen molar-refractivity contribution in [1.29, 1.82) is 0 Å². The number of rotatable bonds is 8. The molecule has 1 aliphatic carbocycles. The highest BCUT2D eigenvalue weighted by Gasteiger charge is 2.27. The lowest BCUT2D eigenvalue weighted by molar-refractivity contribution is 0.0784. The first-order chi connectivity index (χ1) is 15.2. The summed E-state index contributed by atoms with van der Waals surface area (Å²) in [7, 11) is 0.784. The minimum atomic E-state index is -3.83. The number of methoxy groups -OCH3 is 1. The zero-order valence-electron chi connectivity index (χ0n) is 18.6. The van der Waals surface area contributed by atoms with E-state index >= 15 is 0 Å². The summed E-state index contributed by atoms with van der Waals surface area (Å²) in [4.78, 5) is 26.1. The number of sulfonamides is 1. The fourth-order valence-corrected chi connectivity index (χ4v) is 5.32. The van der Waals surface area contributed by atoms with Gasteiger partial charge in [0.1, 0.15) is 10.6 Å². The highest BCUT2D eigenvalue weighted by atomic mass is 32.2. The summed E-state index contributed by atoms with van der Waals surface area (Å²) in [5, 5.41) is 2.56. The van der Waals surface area contributed by atoms with Crippen LogP contribution >= 0.6 is 0 Å². The molecule has 0 saturated heterocycles. The molecule has 3 rings (SSSR count). The van der Waals surface area contributed by atoms with Gasteiger partial charge in [-0.05, 0) is 48.7 Å². The van der Waals surface area contributed by atoms with E-state index in [1.165, 1.54) is 24.1 Å². The van der Waals surface area contributed by atoms with E-state index in [0.29, 0.717) is 12.1 Å². The van der Waals surface area contributed by atoms with Crippen LogP contribution in [0, 0.1) is 0 Å². The van der Waals surface area contributed by atoms with Crippen molar-refractivity contribution in [3.8, 4) is 5.75 Å². The van der Waals surface area contributed by atoms with Crippen molar-refractivity contribution in [3.05, 3.63) is 59.2 Å². The average Bonchev–Trinajstić information content (AvgIpc) is 3.30. The molecule has 0 bridgehead atoms. The Morgan fingerprint density at radius 1 is 1.06 bits per heavy atom. The van der Waals surface area contributed by atoms with E-state index in [1.54, 1.807) is 44.4 Å². The van der Waals surface area contributed by atoms with E-state index in [-0.39, 0.29) is 34.1 Å². The van der Waals surface area contributed by atoms with Gasteiger partial charge < -0.3 is 15.0 Å². The number of hydrogen-bond acceptors (Lipinski definition) is 5. The fourth-order valence-electron chi connectivity index (χ4n) is 3.82. The lowest BCUT2D eigenvalue weighted by Crippen LogP contribution is -2.33. The molecule has 2 aromatic rings. The van der Waals surface area contributed by atoms with Gasteiger partial charge in [-0.25, -0.2) is 13.1 Å². The van der Waals surface area contributed by atoms with Gasteiger partial charge in [0, 0.05) is 37.8 Å². The maximum absolute atomic E-state index is 13.0. The van der Waals surface area contributed by atoms with E-state index in [2.05, 4.69) is 10.0 Å². The molecule has 0 unspecified atom stereocenters. The predicted octanol–water partition coefficient (Wildman–Crippen LogP) is 2.55. The Morgan fingerprint density at radius 3 is 2.28 bits per heavy atom. The maximum atomic E-state index is 13.0. The van der Waals surface area contributed by atoms with Gasteiger partial charge in [0.2, 0.25) is 10.0 Å². The lowest BCUT2D eigenvalue weighted by atomic mass is 10.1. The van der Waals surface area contributed by atoms with Gasteiger partial charge in [0.15, 0.2) is 0 Å². The first-order valence-corrected chi connectivity index (χ1v) is 12.0. The van der Waals surface area contributed by atoms with Crippen LogP contribution in [0.3, 0.4) is 0 Å². The minimum Gasteiger partial charge on any atom is -0.495 e. The third-order valence-electron chi connectivity index (χ3n) is 5.59. The third kappa shape index (κ3) is 5.46. The molecule has 8 nitrogen and oxygen atoms in total. The second-order valence-corrected chi connectivity index (χ2v) is 9.59. The van der Waals surface area contributed by atoms with Crippen LogP contribution in [-0.4, -0.2) is 52.4 Å². The predicted molar refractivity (Wildman–Crippen MR) is 121 cm³/mol. The van der Waals surface area contributed by atoms with Crippen LogP contribution in [0.4, 0.5) is 0 Å². The second-order valence-electron chi connectivity index (χ2n) is 7.91. The van der Waals surface area contributed by atoms with Crippen LogP contribution in [0.25, 0.3) is 0 Å². The SMILES string of the molecule is CNC(=O)c1ccc(CN(C)C(=O)c2ccc(OC)c(S(=O)(=O)NC3CCCC3)c2)cc1. The smallest absolute Gasteiger partial charge is 0.253 e. The van der Waals surface area contributed by atoms with Crippen LogP contribution in [0.1, 0.15) is 52.0 Å². The molecule has 0 radical (unpaired) electrons. The minimum absolute atomic E-state index is 0.0407. The molecule has 1 saturated carbocycles. The molecular formula is C23H29N3O5S. The zero-order chi connectivity index (χ0) is 23.3. The van der Waals surface area contributed by atoms with Crippen LogP contribution in [-0.2, 0) is 16.6 Å². The molecule has 0 atom stereocenters. The fraction of sp³-hybridized carbons (Fsp3) is 0.391. The monoisotopic (exact) mass is 459 g/mol. The Morgan fingerprint density at radius 2 is 1.69 bits per heavy atom. The summed E-state index contributed by atoms with van der Waals surface area (Å²) in [6.07, 6.45) is 3.61. The van der Waals surface area contributed by atoms with Crippen LogP contribution in [0.5, 0.6) is 5.75 Å². The number of amides is 2. The number of carbonyl (C=O) groups is 2. The summed E-state index contributed by atoms with van der Waals surface area (Å²) in [5.74, 6) is -0.306. The largest absolute Gasteiger partial charge is 0.495 e. The summed E-state index contributed by atoms with van der Waals surface area (Å²) in [5.41, 5.74) is 1.63. The molecule has 2 amide bonds.